The Labute approximate surface area is 159 Å². The molecule has 26 heavy (non-hydrogen) atoms. The number of hydrogen-bond donors (Lipinski definition) is 0. The summed E-state index contributed by atoms with van der Waals surface area (Å²) < 4.78 is 5.60. The second-order valence-corrected chi connectivity index (χ2v) is 8.30. The van der Waals surface area contributed by atoms with Gasteiger partial charge in [0, 0.05) is 12.5 Å². The zero-order valence-corrected chi connectivity index (χ0v) is 16.8. The number of rotatable bonds is 4. The zero-order chi connectivity index (χ0) is 18.8. The summed E-state index contributed by atoms with van der Waals surface area (Å²) in [6.45, 7) is 7.91. The predicted molar refractivity (Wildman–Crippen MR) is 108 cm³/mol. The van der Waals surface area contributed by atoms with Crippen molar-refractivity contribution < 1.29 is 9.53 Å². The summed E-state index contributed by atoms with van der Waals surface area (Å²) in [4.78, 5) is 17.5. The van der Waals surface area contributed by atoms with Gasteiger partial charge in [-0.15, -0.1) is 0 Å². The van der Waals surface area contributed by atoms with Gasteiger partial charge in [-0.05, 0) is 43.1 Å². The van der Waals surface area contributed by atoms with Crippen molar-refractivity contribution in [3.8, 4) is 0 Å². The van der Waals surface area contributed by atoms with Crippen LogP contribution in [-0.4, -0.2) is 18.2 Å². The molecule has 1 heterocycles. The molecule has 2 rings (SSSR count). The first-order chi connectivity index (χ1) is 12.5. The van der Waals surface area contributed by atoms with Gasteiger partial charge in [-0.25, -0.2) is 4.79 Å². The van der Waals surface area contributed by atoms with E-state index in [0.29, 0.717) is 17.7 Å². The Morgan fingerprint density at radius 1 is 1.12 bits per heavy atom. The maximum Gasteiger partial charge on any atom is 0.352 e. The van der Waals surface area contributed by atoms with Gasteiger partial charge in [-0.1, -0.05) is 70.4 Å². The Morgan fingerprint density at radius 3 is 2.58 bits per heavy atom. The third-order valence-corrected chi connectivity index (χ3v) is 5.50. The lowest BCUT2D eigenvalue weighted by Crippen LogP contribution is -2.27. The highest BCUT2D eigenvalue weighted by molar-refractivity contribution is 6.37. The molecule has 1 aliphatic heterocycles. The third-order valence-electron chi connectivity index (χ3n) is 5.50. The van der Waals surface area contributed by atoms with Crippen molar-refractivity contribution in [3.63, 3.8) is 0 Å². The number of esters is 1. The van der Waals surface area contributed by atoms with Crippen LogP contribution in [0.1, 0.15) is 77.7 Å². The van der Waals surface area contributed by atoms with Gasteiger partial charge in [-0.2, -0.15) is 0 Å². The minimum Gasteiger partial charge on any atom is -0.456 e. The molecule has 3 heteroatoms. The van der Waals surface area contributed by atoms with E-state index in [1.807, 2.05) is 30.3 Å². The van der Waals surface area contributed by atoms with Crippen LogP contribution < -0.4 is 0 Å². The minimum absolute atomic E-state index is 0.225. The summed E-state index contributed by atoms with van der Waals surface area (Å²) >= 11 is 0. The summed E-state index contributed by atoms with van der Waals surface area (Å²) in [7, 11) is 0. The molecule has 0 N–H and O–H groups in total. The largest absolute Gasteiger partial charge is 0.456 e. The molecule has 0 saturated heterocycles. The molecular formula is C23H35NO2. The third kappa shape index (κ3) is 6.93. The Kier molecular flexibility index (Phi) is 8.34. The highest BCUT2D eigenvalue weighted by Crippen LogP contribution is 2.30. The maximum absolute atomic E-state index is 12.7. The maximum atomic E-state index is 12.7. The molecule has 0 saturated carbocycles. The monoisotopic (exact) mass is 357 g/mol. The van der Waals surface area contributed by atoms with Crippen LogP contribution in [0.2, 0.25) is 0 Å². The predicted octanol–water partition coefficient (Wildman–Crippen LogP) is 5.97. The van der Waals surface area contributed by atoms with Crippen molar-refractivity contribution in [2.24, 2.45) is 16.3 Å². The average molecular weight is 358 g/mol. The summed E-state index contributed by atoms with van der Waals surface area (Å²) in [6, 6.07) is 9.86. The summed E-state index contributed by atoms with van der Waals surface area (Å²) in [5.74, 6) is 0.00253. The first-order valence-corrected chi connectivity index (χ1v) is 10.3. The normalized spacial score (nSPS) is 21.8. The van der Waals surface area contributed by atoms with Gasteiger partial charge in [0.05, 0.1) is 0 Å². The second kappa shape index (κ2) is 10.5. The molecule has 3 nitrogen and oxygen atoms in total. The highest BCUT2D eigenvalue weighted by Gasteiger charge is 2.24. The smallest absolute Gasteiger partial charge is 0.352 e. The van der Waals surface area contributed by atoms with Crippen molar-refractivity contribution in [1.29, 1.82) is 0 Å². The van der Waals surface area contributed by atoms with E-state index < -0.39 is 0 Å². The van der Waals surface area contributed by atoms with E-state index in [2.05, 4.69) is 20.8 Å². The van der Waals surface area contributed by atoms with Gasteiger partial charge in [0.15, 0.2) is 0 Å². The molecule has 0 fully saturated rings. The summed E-state index contributed by atoms with van der Waals surface area (Å²) in [5.41, 5.74) is 2.07. The van der Waals surface area contributed by atoms with Crippen LogP contribution in [0.3, 0.4) is 0 Å². The molecule has 0 aromatic heterocycles. The number of nitrogens with zero attached hydrogens (tertiary/aromatic N) is 1. The van der Waals surface area contributed by atoms with Gasteiger partial charge in [-0.3, -0.25) is 4.99 Å². The molecule has 0 amide bonds. The van der Waals surface area contributed by atoms with E-state index in [0.717, 1.165) is 31.4 Å². The molecule has 1 unspecified atom stereocenters. The molecule has 0 radical (unpaired) electrons. The lowest BCUT2D eigenvalue weighted by Gasteiger charge is -2.25. The zero-order valence-electron chi connectivity index (χ0n) is 16.8. The van der Waals surface area contributed by atoms with Gasteiger partial charge < -0.3 is 4.74 Å². The summed E-state index contributed by atoms with van der Waals surface area (Å²) in [5, 5.41) is 0. The van der Waals surface area contributed by atoms with Crippen LogP contribution in [-0.2, 0) is 16.1 Å². The Hall–Kier alpha value is -1.64. The number of carbonyl (C=O) groups excluding carboxylic acids is 1. The highest BCUT2D eigenvalue weighted by atomic mass is 16.5. The van der Waals surface area contributed by atoms with Crippen molar-refractivity contribution in [1.82, 2.24) is 0 Å². The second-order valence-electron chi connectivity index (χ2n) is 8.30. The van der Waals surface area contributed by atoms with E-state index >= 15 is 0 Å². The molecular weight excluding hydrogens is 322 g/mol. The fourth-order valence-electron chi connectivity index (χ4n) is 3.74. The van der Waals surface area contributed by atoms with Crippen LogP contribution in [0, 0.1) is 11.3 Å². The van der Waals surface area contributed by atoms with Crippen LogP contribution >= 0.6 is 0 Å². The molecule has 0 bridgehead atoms. The molecule has 0 aliphatic carbocycles. The molecule has 1 aromatic carbocycles. The van der Waals surface area contributed by atoms with E-state index in [1.54, 1.807) is 0 Å². The van der Waals surface area contributed by atoms with Crippen molar-refractivity contribution in [2.75, 3.05) is 6.54 Å². The van der Waals surface area contributed by atoms with Gasteiger partial charge in [0.25, 0.3) is 0 Å². The van der Waals surface area contributed by atoms with Crippen molar-refractivity contribution in [3.05, 3.63) is 35.9 Å². The van der Waals surface area contributed by atoms with E-state index in [1.165, 1.54) is 32.1 Å². The molecule has 1 aromatic rings. The molecule has 1 atom stereocenters. The van der Waals surface area contributed by atoms with Gasteiger partial charge >= 0.3 is 5.97 Å². The number of aliphatic imine (C=N–C) groups is 1. The van der Waals surface area contributed by atoms with Crippen LogP contribution in [0.5, 0.6) is 0 Å². The summed E-state index contributed by atoms with van der Waals surface area (Å²) in [6.07, 6.45) is 9.18. The molecule has 1 aliphatic rings. The topological polar surface area (TPSA) is 38.7 Å². The van der Waals surface area contributed by atoms with E-state index in [-0.39, 0.29) is 11.9 Å². The first-order valence-electron chi connectivity index (χ1n) is 10.3. The lowest BCUT2D eigenvalue weighted by molar-refractivity contribution is -0.137. The van der Waals surface area contributed by atoms with Crippen LogP contribution in [0.15, 0.2) is 35.3 Å². The minimum atomic E-state index is -0.225. The van der Waals surface area contributed by atoms with Crippen molar-refractivity contribution >= 4 is 11.7 Å². The quantitative estimate of drug-likeness (QED) is 0.623. The van der Waals surface area contributed by atoms with Gasteiger partial charge in [0.2, 0.25) is 0 Å². The van der Waals surface area contributed by atoms with E-state index in [4.69, 9.17) is 9.73 Å². The molecule has 0 spiro atoms. The van der Waals surface area contributed by atoms with E-state index in [9.17, 15) is 4.79 Å². The average Bonchev–Trinajstić information content (AvgIpc) is 2.63. The lowest BCUT2D eigenvalue weighted by atomic mass is 9.82. The van der Waals surface area contributed by atoms with Crippen LogP contribution in [0.25, 0.3) is 0 Å². The number of ether oxygens (including phenoxy) is 1. The molecule has 144 valence electrons. The first kappa shape index (κ1) is 20.7. The SMILES string of the molecule is CCC1CCCCCC(C)(C)CCCN=C1C(=O)OCc1ccccc1. The Morgan fingerprint density at radius 2 is 1.85 bits per heavy atom. The van der Waals surface area contributed by atoms with Gasteiger partial charge in [0.1, 0.15) is 12.3 Å². The Balaban J connectivity index is 2.04. The number of hydrogen-bond acceptors (Lipinski definition) is 3. The van der Waals surface area contributed by atoms with Crippen LogP contribution in [0.4, 0.5) is 0 Å². The number of carbonyl (C=O) groups is 1. The standard InChI is InChI=1S/C23H35NO2/c1-4-20-14-9-6-10-15-23(2,3)16-11-17-24-21(20)22(25)26-18-19-12-7-5-8-13-19/h5,7-8,12-13,20H,4,6,9-11,14-18H2,1-3H3. The van der Waals surface area contributed by atoms with Crippen molar-refractivity contribution in [2.45, 2.75) is 78.7 Å². The Bertz CT molecular complexity index is 577. The number of benzene rings is 1. The fourth-order valence-corrected chi connectivity index (χ4v) is 3.74. The fraction of sp³-hybridized carbons (Fsp3) is 0.652.